The third-order valence-electron chi connectivity index (χ3n) is 7.47. The first-order chi connectivity index (χ1) is 16.5. The van der Waals surface area contributed by atoms with Crippen LogP contribution in [0.2, 0.25) is 0 Å². The maximum atomic E-state index is 11.0. The van der Waals surface area contributed by atoms with Crippen molar-refractivity contribution in [1.82, 2.24) is 4.98 Å². The molecule has 3 aromatic rings. The molecule has 1 aliphatic carbocycles. The molecular weight excluding hydrogens is 446 g/mol. The molecule has 7 nitrogen and oxygen atoms in total. The zero-order valence-electron chi connectivity index (χ0n) is 19.2. The van der Waals surface area contributed by atoms with Crippen molar-refractivity contribution in [1.29, 1.82) is 0 Å². The maximum Gasteiger partial charge on any atom is 0.269 e. The van der Waals surface area contributed by atoms with Gasteiger partial charge >= 0.3 is 0 Å². The Balaban J connectivity index is 1.32. The minimum atomic E-state index is -0.349. The van der Waals surface area contributed by atoms with Gasteiger partial charge in [0.1, 0.15) is 0 Å². The third kappa shape index (κ3) is 4.65. The van der Waals surface area contributed by atoms with Crippen molar-refractivity contribution in [3.05, 3.63) is 70.9 Å². The fraction of sp³-hybridized carbons (Fsp3) is 0.423. The number of anilines is 2. The molecule has 1 saturated heterocycles. The largest absolute Gasteiger partial charge is 0.371 e. The van der Waals surface area contributed by atoms with Crippen molar-refractivity contribution in [2.75, 3.05) is 23.3 Å². The van der Waals surface area contributed by atoms with E-state index in [0.717, 1.165) is 60.9 Å². The number of nitrogens with two attached hydrogens (primary N) is 1. The molecule has 2 aliphatic rings. The molecule has 1 saturated carbocycles. The first-order valence-corrected chi connectivity index (χ1v) is 12.9. The van der Waals surface area contributed by atoms with Crippen LogP contribution in [0.25, 0.3) is 10.4 Å². The van der Waals surface area contributed by atoms with Gasteiger partial charge in [-0.2, -0.15) is 0 Å². The van der Waals surface area contributed by atoms with Gasteiger partial charge in [-0.1, -0.05) is 54.5 Å². The van der Waals surface area contributed by atoms with Gasteiger partial charge in [-0.15, -0.1) is 0 Å². The summed E-state index contributed by atoms with van der Waals surface area (Å²) in [6.45, 7) is 1.83. The summed E-state index contributed by atoms with van der Waals surface area (Å²) in [5.74, 6) is 0.350. The molecule has 178 valence electrons. The summed E-state index contributed by atoms with van der Waals surface area (Å²) in [6.07, 6.45) is 8.49. The number of thiazole rings is 1. The average Bonchev–Trinajstić information content (AvgIpc) is 3.35. The lowest BCUT2D eigenvalue weighted by Gasteiger charge is -2.50. The molecule has 0 bridgehead atoms. The lowest BCUT2D eigenvalue weighted by atomic mass is 9.67. The van der Waals surface area contributed by atoms with Gasteiger partial charge in [0, 0.05) is 48.7 Å². The molecule has 0 radical (unpaired) electrons. The van der Waals surface area contributed by atoms with E-state index >= 15 is 0 Å². The summed E-state index contributed by atoms with van der Waals surface area (Å²) in [5, 5.41) is 15.7. The number of non-ortho nitro benzene ring substituents is 1. The number of rotatable bonds is 6. The van der Waals surface area contributed by atoms with E-state index in [-0.39, 0.29) is 22.2 Å². The molecule has 34 heavy (non-hydrogen) atoms. The maximum absolute atomic E-state index is 11.0. The molecule has 3 N–H and O–H groups in total. The number of aromatic nitrogens is 1. The Hall–Kier alpha value is -2.97. The molecule has 0 spiro atoms. The predicted molar refractivity (Wildman–Crippen MR) is 138 cm³/mol. The van der Waals surface area contributed by atoms with Crippen molar-refractivity contribution >= 4 is 27.8 Å². The molecule has 0 amide bonds. The van der Waals surface area contributed by atoms with Crippen LogP contribution in [0.4, 0.5) is 16.5 Å². The molecular formula is C26H31N5O2S. The van der Waals surface area contributed by atoms with Crippen molar-refractivity contribution in [2.45, 2.75) is 50.1 Å². The van der Waals surface area contributed by atoms with Crippen molar-refractivity contribution in [2.24, 2.45) is 11.7 Å². The Kier molecular flexibility index (Phi) is 6.52. The van der Waals surface area contributed by atoms with Crippen LogP contribution in [-0.2, 0) is 0 Å². The summed E-state index contributed by atoms with van der Waals surface area (Å²) in [5.41, 5.74) is 9.28. The van der Waals surface area contributed by atoms with Gasteiger partial charge in [0.05, 0.1) is 9.80 Å². The summed E-state index contributed by atoms with van der Waals surface area (Å²) >= 11 is 1.68. The monoisotopic (exact) mass is 477 g/mol. The summed E-state index contributed by atoms with van der Waals surface area (Å²) in [6, 6.07) is 17.4. The number of benzene rings is 2. The average molecular weight is 478 g/mol. The molecule has 2 heterocycles. The van der Waals surface area contributed by atoms with Gasteiger partial charge in [0.15, 0.2) is 5.13 Å². The first kappa shape index (κ1) is 22.8. The van der Waals surface area contributed by atoms with E-state index in [1.165, 1.54) is 12.0 Å². The molecule has 2 aromatic carbocycles. The van der Waals surface area contributed by atoms with Crippen LogP contribution in [0.3, 0.4) is 0 Å². The normalized spacial score (nSPS) is 25.1. The van der Waals surface area contributed by atoms with Gasteiger partial charge in [-0.05, 0) is 49.3 Å². The zero-order chi connectivity index (χ0) is 23.5. The highest BCUT2D eigenvalue weighted by molar-refractivity contribution is 7.18. The van der Waals surface area contributed by atoms with Crippen LogP contribution in [0.1, 0.15) is 38.5 Å². The van der Waals surface area contributed by atoms with Gasteiger partial charge < -0.3 is 16.0 Å². The van der Waals surface area contributed by atoms with E-state index in [9.17, 15) is 10.1 Å². The Morgan fingerprint density at radius 1 is 1.09 bits per heavy atom. The lowest BCUT2D eigenvalue weighted by Crippen LogP contribution is -2.63. The fourth-order valence-electron chi connectivity index (χ4n) is 5.58. The Morgan fingerprint density at radius 2 is 1.88 bits per heavy atom. The van der Waals surface area contributed by atoms with Gasteiger partial charge in [-0.3, -0.25) is 10.1 Å². The number of nitro benzene ring substituents is 1. The quantitative estimate of drug-likeness (QED) is 0.350. The van der Waals surface area contributed by atoms with E-state index in [1.807, 2.05) is 36.5 Å². The SMILES string of the molecule is N[C@]1(C2CCCN(c3ccc([N+](=O)[O-])cc3)C2)CCCCC1Nc1ncc(-c2ccccc2)s1. The number of nitrogens with one attached hydrogen (secondary N) is 1. The van der Waals surface area contributed by atoms with Crippen LogP contribution in [-0.4, -0.2) is 34.6 Å². The van der Waals surface area contributed by atoms with E-state index in [4.69, 9.17) is 5.73 Å². The number of nitro groups is 1. The molecule has 1 aliphatic heterocycles. The topological polar surface area (TPSA) is 97.3 Å². The van der Waals surface area contributed by atoms with E-state index < -0.39 is 0 Å². The van der Waals surface area contributed by atoms with Crippen molar-refractivity contribution < 1.29 is 4.92 Å². The number of piperidine rings is 1. The highest BCUT2D eigenvalue weighted by Gasteiger charge is 2.45. The number of nitrogens with zero attached hydrogens (tertiary/aromatic N) is 3. The molecule has 2 unspecified atom stereocenters. The van der Waals surface area contributed by atoms with Crippen LogP contribution in [0.15, 0.2) is 60.8 Å². The Morgan fingerprint density at radius 3 is 2.65 bits per heavy atom. The number of hydrogen-bond donors (Lipinski definition) is 2. The molecule has 2 fully saturated rings. The van der Waals surface area contributed by atoms with E-state index in [0.29, 0.717) is 5.92 Å². The van der Waals surface area contributed by atoms with Crippen molar-refractivity contribution in [3.8, 4) is 10.4 Å². The highest BCUT2D eigenvalue weighted by atomic mass is 32.1. The molecule has 1 aromatic heterocycles. The Labute approximate surface area is 204 Å². The molecule has 5 rings (SSSR count). The third-order valence-corrected chi connectivity index (χ3v) is 8.45. The minimum Gasteiger partial charge on any atom is -0.371 e. The van der Waals surface area contributed by atoms with Gasteiger partial charge in [-0.25, -0.2) is 4.98 Å². The number of hydrogen-bond acceptors (Lipinski definition) is 7. The van der Waals surface area contributed by atoms with Gasteiger partial charge in [0.25, 0.3) is 5.69 Å². The Bertz CT molecular complexity index is 1120. The zero-order valence-corrected chi connectivity index (χ0v) is 20.0. The second-order valence-corrected chi connectivity index (χ2v) is 10.5. The van der Waals surface area contributed by atoms with E-state index in [1.54, 1.807) is 23.5 Å². The van der Waals surface area contributed by atoms with Crippen LogP contribution in [0.5, 0.6) is 0 Å². The van der Waals surface area contributed by atoms with Gasteiger partial charge in [0.2, 0.25) is 0 Å². The minimum absolute atomic E-state index is 0.127. The van der Waals surface area contributed by atoms with Crippen LogP contribution >= 0.6 is 11.3 Å². The van der Waals surface area contributed by atoms with E-state index in [2.05, 4.69) is 27.3 Å². The summed E-state index contributed by atoms with van der Waals surface area (Å²) in [7, 11) is 0. The summed E-state index contributed by atoms with van der Waals surface area (Å²) in [4.78, 5) is 18.8. The second-order valence-electron chi connectivity index (χ2n) is 9.51. The molecule has 8 heteroatoms. The fourth-order valence-corrected chi connectivity index (χ4v) is 6.45. The first-order valence-electron chi connectivity index (χ1n) is 12.1. The standard InChI is InChI=1S/C26H31N5O2S/c27-26(20-9-6-16-30(18-20)21-11-13-22(14-12-21)31(32)33)15-5-4-10-24(26)29-25-28-17-23(34-25)19-7-2-1-3-8-19/h1-3,7-8,11-14,17,20,24H,4-6,9-10,15-16,18,27H2,(H,28,29)/t20?,24?,26-/m0/s1. The smallest absolute Gasteiger partial charge is 0.269 e. The highest BCUT2D eigenvalue weighted by Crippen LogP contribution is 2.40. The molecule has 3 atom stereocenters. The lowest BCUT2D eigenvalue weighted by molar-refractivity contribution is -0.384. The second kappa shape index (κ2) is 9.72. The summed E-state index contributed by atoms with van der Waals surface area (Å²) < 4.78 is 0. The van der Waals surface area contributed by atoms with Crippen LogP contribution in [0, 0.1) is 16.0 Å². The van der Waals surface area contributed by atoms with Crippen molar-refractivity contribution in [3.63, 3.8) is 0 Å². The van der Waals surface area contributed by atoms with Crippen LogP contribution < -0.4 is 16.0 Å². The predicted octanol–water partition coefficient (Wildman–Crippen LogP) is 5.69.